The second-order valence-corrected chi connectivity index (χ2v) is 4.24. The average molecular weight is 276 g/mol. The number of hydrogen-bond acceptors (Lipinski definition) is 6. The number of carbonyl (C=O) groups excluding carboxylic acids is 2. The molecule has 0 radical (unpaired) electrons. The van der Waals surface area contributed by atoms with Gasteiger partial charge in [-0.3, -0.25) is 15.0 Å². The molecule has 2 aliphatic rings. The highest BCUT2D eigenvalue weighted by Crippen LogP contribution is 2.27. The number of imide groups is 1. The second kappa shape index (κ2) is 4.99. The van der Waals surface area contributed by atoms with Gasteiger partial charge in [0.2, 0.25) is 6.17 Å². The summed E-state index contributed by atoms with van der Waals surface area (Å²) in [6.07, 6.45) is -3.80. The molecule has 7 N–H and O–H groups in total. The van der Waals surface area contributed by atoms with Gasteiger partial charge < -0.3 is 26.4 Å². The third-order valence-corrected chi connectivity index (χ3v) is 2.93. The quantitative estimate of drug-likeness (QED) is 0.155. The fraction of sp³-hybridized carbons (Fsp3) is 0.667. The molecule has 0 aromatic rings. The fourth-order valence-electron chi connectivity index (χ4n) is 2.07. The molecule has 0 aromatic heterocycles. The van der Waals surface area contributed by atoms with E-state index in [9.17, 15) is 14.7 Å². The Labute approximate surface area is 108 Å². The van der Waals surface area contributed by atoms with Crippen molar-refractivity contribution >= 4 is 17.9 Å². The zero-order valence-electron chi connectivity index (χ0n) is 9.89. The summed E-state index contributed by atoms with van der Waals surface area (Å²) in [7, 11) is 0. The Hall–Kier alpha value is -1.91. The minimum atomic E-state index is -1.23. The van der Waals surface area contributed by atoms with Crippen molar-refractivity contribution in [3.63, 3.8) is 0 Å². The Bertz CT molecular complexity index is 423. The Morgan fingerprint density at radius 2 is 2.21 bits per heavy atom. The number of rotatable bonds is 3. The Morgan fingerprint density at radius 1 is 1.53 bits per heavy atom. The highest BCUT2D eigenvalue weighted by Gasteiger charge is 2.47. The fourth-order valence-corrected chi connectivity index (χ4v) is 2.07. The van der Waals surface area contributed by atoms with E-state index in [-0.39, 0.29) is 12.4 Å². The Kier molecular flexibility index (Phi) is 3.55. The standard InChI is InChI=1S/C9H15N5O5/c10-8(11)12-6-7(17)13-9(18)14(6)5-1-3(16)4(2-15)19-5/h3-6,15-16H,1-2H2,(H4,10,11,12)(H,13,17,18)/t3-,4+,5+,6?/m0/s1/i10+1,11+1,13+1. The number of hydrogen-bond donors (Lipinski definition) is 5. The maximum atomic E-state index is 11.7. The largest absolute Gasteiger partial charge is 0.394 e. The molecule has 1 unspecified atom stereocenters. The predicted octanol–water partition coefficient (Wildman–Crippen LogP) is -3.39. The second-order valence-electron chi connectivity index (χ2n) is 4.24. The summed E-state index contributed by atoms with van der Waals surface area (Å²) in [5.74, 6) is -1.03. The number of guanidine groups is 1. The summed E-state index contributed by atoms with van der Waals surface area (Å²) in [5.41, 5.74) is 10.4. The van der Waals surface area contributed by atoms with E-state index in [0.29, 0.717) is 0 Å². The van der Waals surface area contributed by atoms with Crippen LogP contribution in [0.5, 0.6) is 0 Å². The minimum Gasteiger partial charge on any atom is -0.394 e. The lowest BCUT2D eigenvalue weighted by molar-refractivity contribution is -0.124. The topological polar surface area (TPSA) is 163 Å². The summed E-state index contributed by atoms with van der Waals surface area (Å²) >= 11 is 0. The van der Waals surface area contributed by atoms with Crippen molar-refractivity contribution in [1.82, 2.24) is 10.2 Å². The first-order valence-electron chi connectivity index (χ1n) is 5.60. The van der Waals surface area contributed by atoms with Crippen LogP contribution >= 0.6 is 0 Å². The molecule has 0 aromatic carbocycles. The molecule has 0 bridgehead atoms. The summed E-state index contributed by atoms with van der Waals surface area (Å²) in [6.45, 7) is -0.395. The Balaban J connectivity index is 2.19. The van der Waals surface area contributed by atoms with Crippen LogP contribution in [-0.4, -0.2) is 64.2 Å². The van der Waals surface area contributed by atoms with Crippen molar-refractivity contribution in [3.05, 3.63) is 0 Å². The number of carbonyl (C=O) groups is 2. The third kappa shape index (κ3) is 2.45. The molecular formula is C9H15N5O5. The van der Waals surface area contributed by atoms with Crippen LogP contribution in [0, 0.1) is 0 Å². The number of aliphatic hydroxyl groups is 2. The first-order chi connectivity index (χ1) is 8.93. The van der Waals surface area contributed by atoms with Crippen LogP contribution in [0.15, 0.2) is 4.99 Å². The molecule has 0 aliphatic carbocycles. The lowest BCUT2D eigenvalue weighted by Gasteiger charge is -2.25. The van der Waals surface area contributed by atoms with Gasteiger partial charge in [-0.25, -0.2) is 9.79 Å². The molecule has 106 valence electrons. The molecule has 19 heavy (non-hydrogen) atoms. The van der Waals surface area contributed by atoms with Crippen LogP contribution in [0.4, 0.5) is 4.79 Å². The molecule has 10 nitrogen and oxygen atoms in total. The molecule has 4 atom stereocenters. The summed E-state index contributed by atoms with van der Waals surface area (Å²) in [6, 6.07) is -0.712. The van der Waals surface area contributed by atoms with Gasteiger partial charge in [-0.1, -0.05) is 0 Å². The van der Waals surface area contributed by atoms with Crippen LogP contribution in [0.25, 0.3) is 0 Å². The maximum absolute atomic E-state index is 11.7. The van der Waals surface area contributed by atoms with E-state index in [1.165, 1.54) is 0 Å². The molecule has 2 rings (SSSR count). The molecule has 3 amide bonds. The van der Waals surface area contributed by atoms with Gasteiger partial charge in [-0.2, -0.15) is 0 Å². The van der Waals surface area contributed by atoms with E-state index in [1.54, 1.807) is 0 Å². The first-order valence-corrected chi connectivity index (χ1v) is 5.60. The smallest absolute Gasteiger partial charge is 0.328 e. The first kappa shape index (κ1) is 13.5. The SMILES string of the molecule is [15NH2]C([15NH2])=NC1C(=O)[15NH]C(=O)N1[C@H]1C[C@H](O)[C@@H](CO)O1. The van der Waals surface area contributed by atoms with Gasteiger partial charge in [0, 0.05) is 6.42 Å². The summed E-state index contributed by atoms with van der Waals surface area (Å²) < 4.78 is 5.30. The number of nitrogens with one attached hydrogen (secondary N) is 1. The summed E-state index contributed by atoms with van der Waals surface area (Å²) in [4.78, 5) is 27.9. The van der Waals surface area contributed by atoms with Crippen LogP contribution in [0.1, 0.15) is 6.42 Å². The van der Waals surface area contributed by atoms with E-state index in [4.69, 9.17) is 21.3 Å². The predicted molar refractivity (Wildman–Crippen MR) is 61.3 cm³/mol. The van der Waals surface area contributed by atoms with Gasteiger partial charge in [-0.15, -0.1) is 0 Å². The van der Waals surface area contributed by atoms with Crippen LogP contribution in [0.3, 0.4) is 0 Å². The summed E-state index contributed by atoms with van der Waals surface area (Å²) in [5, 5.41) is 20.7. The van der Waals surface area contributed by atoms with Gasteiger partial charge in [0.25, 0.3) is 5.91 Å². The van der Waals surface area contributed by atoms with E-state index in [2.05, 4.69) is 10.3 Å². The molecule has 2 fully saturated rings. The zero-order valence-corrected chi connectivity index (χ0v) is 9.89. The molecule has 0 saturated carbocycles. The highest BCUT2D eigenvalue weighted by molar-refractivity contribution is 6.04. The molecule has 0 spiro atoms. The number of nitrogens with zero attached hydrogens (tertiary/aromatic N) is 2. The monoisotopic (exact) mass is 276 g/mol. The molecular weight excluding hydrogens is 261 g/mol. The van der Waals surface area contributed by atoms with Crippen molar-refractivity contribution in [2.45, 2.75) is 31.0 Å². The lowest BCUT2D eigenvalue weighted by Crippen LogP contribution is -2.44. The van der Waals surface area contributed by atoms with Gasteiger partial charge in [0.1, 0.15) is 12.3 Å². The number of amides is 3. The third-order valence-electron chi connectivity index (χ3n) is 2.93. The zero-order chi connectivity index (χ0) is 14.2. The maximum Gasteiger partial charge on any atom is 0.328 e. The van der Waals surface area contributed by atoms with E-state index >= 15 is 0 Å². The van der Waals surface area contributed by atoms with Gasteiger partial charge in [0.15, 0.2) is 5.96 Å². The highest BCUT2D eigenvalue weighted by atomic mass is 16.5. The average Bonchev–Trinajstić information content (AvgIpc) is 2.80. The molecule has 10 heteroatoms. The van der Waals surface area contributed by atoms with Crippen molar-refractivity contribution in [3.8, 4) is 0 Å². The van der Waals surface area contributed by atoms with Crippen LogP contribution in [-0.2, 0) is 9.53 Å². The number of aliphatic hydroxyl groups excluding tert-OH is 2. The number of ether oxygens (including phenoxy) is 1. The molecule has 2 heterocycles. The number of nitrogens with two attached hydrogens (primary N) is 2. The van der Waals surface area contributed by atoms with Crippen LogP contribution < -0.4 is 16.8 Å². The van der Waals surface area contributed by atoms with Crippen LogP contribution in [0.2, 0.25) is 0 Å². The van der Waals surface area contributed by atoms with Gasteiger partial charge in [0.05, 0.1) is 12.7 Å². The normalized spacial score (nSPS) is 34.5. The van der Waals surface area contributed by atoms with Crippen molar-refractivity contribution < 1.29 is 24.5 Å². The lowest BCUT2D eigenvalue weighted by atomic mass is 10.2. The van der Waals surface area contributed by atoms with Crippen molar-refractivity contribution in [2.75, 3.05) is 6.61 Å². The number of urea groups is 1. The van der Waals surface area contributed by atoms with E-state index < -0.39 is 43.1 Å². The minimum absolute atomic E-state index is 0.0580. The number of aliphatic imine (C=N–C) groups is 1. The van der Waals surface area contributed by atoms with E-state index in [1.807, 2.05) is 0 Å². The molecule has 2 saturated heterocycles. The van der Waals surface area contributed by atoms with Gasteiger partial charge in [-0.05, 0) is 0 Å². The van der Waals surface area contributed by atoms with Crippen molar-refractivity contribution in [2.24, 2.45) is 16.5 Å². The molecule has 2 aliphatic heterocycles. The Morgan fingerprint density at radius 3 is 2.74 bits per heavy atom. The van der Waals surface area contributed by atoms with Gasteiger partial charge >= 0.3 is 6.03 Å². The van der Waals surface area contributed by atoms with Crippen molar-refractivity contribution in [1.29, 1.82) is 0 Å². The van der Waals surface area contributed by atoms with E-state index in [0.717, 1.165) is 4.90 Å².